The van der Waals surface area contributed by atoms with Crippen molar-refractivity contribution in [1.82, 2.24) is 10.3 Å². The Kier molecular flexibility index (Phi) is 5.30. The lowest BCUT2D eigenvalue weighted by atomic mass is 9.87. The zero-order valence-electron chi connectivity index (χ0n) is 14.3. The second kappa shape index (κ2) is 7.48. The van der Waals surface area contributed by atoms with Crippen LogP contribution in [0.5, 0.6) is 0 Å². The van der Waals surface area contributed by atoms with Crippen molar-refractivity contribution in [3.8, 4) is 11.3 Å². The predicted molar refractivity (Wildman–Crippen MR) is 102 cm³/mol. The first kappa shape index (κ1) is 18.4. The molecule has 0 saturated carbocycles. The van der Waals surface area contributed by atoms with Crippen molar-refractivity contribution >= 4 is 29.3 Å². The molecule has 2 aromatic carbocycles. The molecular weight excluding hydrogens is 355 g/mol. The summed E-state index contributed by atoms with van der Waals surface area (Å²) in [5.74, 6) is -0.503. The molecule has 0 saturated heterocycles. The number of halogens is 2. The first-order chi connectivity index (χ1) is 12.2. The van der Waals surface area contributed by atoms with Crippen LogP contribution >= 0.6 is 12.4 Å². The van der Waals surface area contributed by atoms with Crippen LogP contribution in [0.25, 0.3) is 22.2 Å². The largest absolute Gasteiger partial charge is 0.468 e. The smallest absolute Gasteiger partial charge is 0.319 e. The Hall–Kier alpha value is -2.37. The number of aromatic nitrogens is 1. The van der Waals surface area contributed by atoms with Crippen LogP contribution in [0.15, 0.2) is 42.5 Å². The number of hydrogen-bond acceptors (Lipinski definition) is 3. The highest BCUT2D eigenvalue weighted by atomic mass is 35.5. The molecule has 1 aromatic heterocycles. The number of carbonyl (C=O) groups excluding carboxylic acids is 1. The van der Waals surface area contributed by atoms with Crippen LogP contribution in [0, 0.1) is 5.82 Å². The first-order valence-electron chi connectivity index (χ1n) is 8.37. The van der Waals surface area contributed by atoms with E-state index in [0.29, 0.717) is 5.56 Å². The predicted octanol–water partition coefficient (Wildman–Crippen LogP) is 4.15. The van der Waals surface area contributed by atoms with E-state index in [0.717, 1.165) is 40.6 Å². The molecule has 136 valence electrons. The van der Waals surface area contributed by atoms with Crippen molar-refractivity contribution in [3.63, 3.8) is 0 Å². The maximum absolute atomic E-state index is 14.3. The lowest BCUT2D eigenvalue weighted by Crippen LogP contribution is -2.30. The lowest BCUT2D eigenvalue weighted by Gasteiger charge is -2.24. The van der Waals surface area contributed by atoms with Gasteiger partial charge in [-0.05, 0) is 42.2 Å². The molecule has 0 spiro atoms. The Labute approximate surface area is 157 Å². The quantitative estimate of drug-likeness (QED) is 0.675. The zero-order chi connectivity index (χ0) is 17.4. The summed E-state index contributed by atoms with van der Waals surface area (Å²) in [7, 11) is 1.39. The number of methoxy groups -OCH3 is 1. The molecule has 3 aromatic rings. The van der Waals surface area contributed by atoms with Crippen molar-refractivity contribution in [2.75, 3.05) is 13.7 Å². The van der Waals surface area contributed by atoms with Gasteiger partial charge in [-0.2, -0.15) is 0 Å². The van der Waals surface area contributed by atoms with Gasteiger partial charge in [0.05, 0.1) is 19.3 Å². The fourth-order valence-corrected chi connectivity index (χ4v) is 3.72. The molecule has 1 atom stereocenters. The monoisotopic (exact) mass is 374 g/mol. The average molecular weight is 375 g/mol. The van der Waals surface area contributed by atoms with Gasteiger partial charge in [-0.1, -0.05) is 24.3 Å². The van der Waals surface area contributed by atoms with Gasteiger partial charge >= 0.3 is 5.97 Å². The van der Waals surface area contributed by atoms with Gasteiger partial charge in [-0.25, -0.2) is 4.39 Å². The molecule has 0 radical (unpaired) electrons. The Balaban J connectivity index is 0.00000196. The summed E-state index contributed by atoms with van der Waals surface area (Å²) in [4.78, 5) is 14.8. The minimum Gasteiger partial charge on any atom is -0.468 e. The van der Waals surface area contributed by atoms with Crippen molar-refractivity contribution in [2.45, 2.75) is 18.9 Å². The number of aryl methyl sites for hydroxylation is 1. The molecule has 0 amide bonds. The SMILES string of the molecule is COC(=O)CNC1CCc2c(-c3ccccc3F)[nH]c3cccc1c23.Cl. The summed E-state index contributed by atoms with van der Waals surface area (Å²) < 4.78 is 19.0. The van der Waals surface area contributed by atoms with E-state index in [1.165, 1.54) is 13.2 Å². The van der Waals surface area contributed by atoms with Gasteiger partial charge in [0.1, 0.15) is 5.82 Å². The number of ether oxygens (including phenoxy) is 1. The van der Waals surface area contributed by atoms with E-state index in [9.17, 15) is 9.18 Å². The van der Waals surface area contributed by atoms with Gasteiger partial charge in [0.25, 0.3) is 0 Å². The molecule has 2 N–H and O–H groups in total. The standard InChI is InChI=1S/C20H19FN2O2.ClH/c1-25-18(24)11-22-16-10-9-14-19-13(16)6-4-8-17(19)23-20(14)12-5-2-3-7-15(12)21;/h2-8,16,22-23H,9-11H2,1H3;1H. The number of benzene rings is 2. The highest BCUT2D eigenvalue weighted by Crippen LogP contribution is 2.41. The van der Waals surface area contributed by atoms with E-state index in [-0.39, 0.29) is 36.8 Å². The summed E-state index contributed by atoms with van der Waals surface area (Å²) in [6.45, 7) is 0.178. The Morgan fingerprint density at radius 1 is 1.27 bits per heavy atom. The second-order valence-corrected chi connectivity index (χ2v) is 6.28. The maximum atomic E-state index is 14.3. The number of H-pyrrole nitrogens is 1. The van der Waals surface area contributed by atoms with E-state index in [4.69, 9.17) is 4.74 Å². The normalized spacial score (nSPS) is 15.5. The molecule has 1 aliphatic carbocycles. The summed E-state index contributed by atoms with van der Waals surface area (Å²) in [6, 6.07) is 13.0. The second-order valence-electron chi connectivity index (χ2n) is 6.28. The van der Waals surface area contributed by atoms with Crippen molar-refractivity contribution < 1.29 is 13.9 Å². The molecule has 4 rings (SSSR count). The third kappa shape index (κ3) is 3.08. The van der Waals surface area contributed by atoms with Gasteiger partial charge < -0.3 is 15.0 Å². The molecule has 6 heteroatoms. The molecule has 0 aliphatic heterocycles. The lowest BCUT2D eigenvalue weighted by molar-refractivity contribution is -0.139. The molecule has 1 heterocycles. The summed E-state index contributed by atoms with van der Waals surface area (Å²) in [5, 5.41) is 4.40. The number of esters is 1. The van der Waals surface area contributed by atoms with Crippen LogP contribution in [0.2, 0.25) is 0 Å². The van der Waals surface area contributed by atoms with Gasteiger partial charge in [0.15, 0.2) is 0 Å². The van der Waals surface area contributed by atoms with E-state index in [1.54, 1.807) is 12.1 Å². The van der Waals surface area contributed by atoms with Crippen LogP contribution in [0.4, 0.5) is 4.39 Å². The molecule has 26 heavy (non-hydrogen) atoms. The van der Waals surface area contributed by atoms with Gasteiger partial charge in [-0.3, -0.25) is 4.79 Å². The highest BCUT2D eigenvalue weighted by Gasteiger charge is 2.26. The summed E-state index contributed by atoms with van der Waals surface area (Å²) >= 11 is 0. The molecule has 4 nitrogen and oxygen atoms in total. The van der Waals surface area contributed by atoms with Crippen LogP contribution in [-0.2, 0) is 16.0 Å². The molecule has 1 unspecified atom stereocenters. The third-order valence-electron chi connectivity index (χ3n) is 4.88. The Morgan fingerprint density at radius 3 is 2.85 bits per heavy atom. The molecule has 0 fully saturated rings. The van der Waals surface area contributed by atoms with Crippen LogP contribution in [0.1, 0.15) is 23.6 Å². The maximum Gasteiger partial charge on any atom is 0.319 e. The van der Waals surface area contributed by atoms with E-state index in [2.05, 4.69) is 16.4 Å². The Morgan fingerprint density at radius 2 is 2.08 bits per heavy atom. The van der Waals surface area contributed by atoms with Crippen LogP contribution in [-0.4, -0.2) is 24.6 Å². The minimum absolute atomic E-state index is 0. The third-order valence-corrected chi connectivity index (χ3v) is 4.88. The molecular formula is C20H20ClFN2O2. The fourth-order valence-electron chi connectivity index (χ4n) is 3.72. The molecule has 0 bridgehead atoms. The fraction of sp³-hybridized carbons (Fsp3) is 0.250. The van der Waals surface area contributed by atoms with Crippen LogP contribution in [0.3, 0.4) is 0 Å². The van der Waals surface area contributed by atoms with E-state index in [1.807, 2.05) is 18.2 Å². The first-order valence-corrected chi connectivity index (χ1v) is 8.37. The number of hydrogen-bond donors (Lipinski definition) is 2. The summed E-state index contributed by atoms with van der Waals surface area (Å²) in [5.41, 5.74) is 4.73. The number of carbonyl (C=O) groups is 1. The highest BCUT2D eigenvalue weighted by molar-refractivity contribution is 5.94. The molecule has 1 aliphatic rings. The van der Waals surface area contributed by atoms with E-state index < -0.39 is 0 Å². The van der Waals surface area contributed by atoms with E-state index >= 15 is 0 Å². The zero-order valence-corrected chi connectivity index (χ0v) is 15.2. The van der Waals surface area contributed by atoms with Gasteiger partial charge in [-0.15, -0.1) is 12.4 Å². The topological polar surface area (TPSA) is 54.1 Å². The Bertz CT molecular complexity index is 954. The van der Waals surface area contributed by atoms with Gasteiger partial charge in [0, 0.05) is 22.5 Å². The van der Waals surface area contributed by atoms with Crippen LogP contribution < -0.4 is 5.32 Å². The number of aromatic amines is 1. The number of nitrogens with one attached hydrogen (secondary N) is 2. The van der Waals surface area contributed by atoms with Crippen molar-refractivity contribution in [2.24, 2.45) is 0 Å². The number of rotatable bonds is 4. The van der Waals surface area contributed by atoms with Gasteiger partial charge in [0.2, 0.25) is 0 Å². The minimum atomic E-state index is -0.279. The van der Waals surface area contributed by atoms with Crippen molar-refractivity contribution in [3.05, 3.63) is 59.4 Å². The van der Waals surface area contributed by atoms with Crippen molar-refractivity contribution in [1.29, 1.82) is 0 Å². The summed E-state index contributed by atoms with van der Waals surface area (Å²) in [6.07, 6.45) is 1.67. The average Bonchev–Trinajstić information content (AvgIpc) is 3.01.